The van der Waals surface area contributed by atoms with Gasteiger partial charge in [-0.1, -0.05) is 0 Å². The molecule has 1 aliphatic rings. The third-order valence-electron chi connectivity index (χ3n) is 3.90. The van der Waals surface area contributed by atoms with Crippen molar-refractivity contribution in [2.24, 2.45) is 5.92 Å². The van der Waals surface area contributed by atoms with E-state index in [-0.39, 0.29) is 6.10 Å². The van der Waals surface area contributed by atoms with E-state index in [0.29, 0.717) is 18.6 Å². The summed E-state index contributed by atoms with van der Waals surface area (Å²) in [6.07, 6.45) is 5.11. The van der Waals surface area contributed by atoms with E-state index in [1.165, 1.54) is 0 Å². The van der Waals surface area contributed by atoms with Crippen molar-refractivity contribution in [3.63, 3.8) is 0 Å². The van der Waals surface area contributed by atoms with Crippen LogP contribution in [0.4, 0.5) is 0 Å². The van der Waals surface area contributed by atoms with Crippen LogP contribution in [0.15, 0.2) is 24.5 Å². The van der Waals surface area contributed by atoms with Crippen molar-refractivity contribution in [3.8, 4) is 5.75 Å². The molecule has 0 aromatic carbocycles. The Labute approximate surface area is 115 Å². The van der Waals surface area contributed by atoms with Crippen LogP contribution < -0.4 is 4.74 Å². The van der Waals surface area contributed by atoms with E-state index in [2.05, 4.69) is 23.7 Å². The maximum absolute atomic E-state index is 10.2. The van der Waals surface area contributed by atoms with Crippen LogP contribution in [-0.4, -0.2) is 46.8 Å². The second-order valence-corrected chi connectivity index (χ2v) is 5.53. The lowest BCUT2D eigenvalue weighted by molar-refractivity contribution is 0.0204. The predicted molar refractivity (Wildman–Crippen MR) is 75.2 cm³/mol. The third-order valence-corrected chi connectivity index (χ3v) is 3.90. The molecule has 106 valence electrons. The number of ether oxygens (including phenoxy) is 1. The highest BCUT2D eigenvalue weighted by Gasteiger charge is 2.26. The summed E-state index contributed by atoms with van der Waals surface area (Å²) >= 11 is 0. The summed E-state index contributed by atoms with van der Waals surface area (Å²) in [5.74, 6) is 1.08. The predicted octanol–water partition coefficient (Wildman–Crippen LogP) is 1.94. The van der Waals surface area contributed by atoms with Gasteiger partial charge in [0.15, 0.2) is 0 Å². The summed E-state index contributed by atoms with van der Waals surface area (Å²) in [5, 5.41) is 10.2. The van der Waals surface area contributed by atoms with Crippen LogP contribution in [0.3, 0.4) is 0 Å². The molecular formula is C15H24N2O2. The Morgan fingerprint density at radius 1 is 1.42 bits per heavy atom. The van der Waals surface area contributed by atoms with Crippen LogP contribution in [0.5, 0.6) is 5.75 Å². The van der Waals surface area contributed by atoms with Crippen LogP contribution in [0, 0.1) is 5.92 Å². The molecule has 2 rings (SSSR count). The summed E-state index contributed by atoms with van der Waals surface area (Å²) < 4.78 is 5.57. The topological polar surface area (TPSA) is 45.6 Å². The van der Waals surface area contributed by atoms with Crippen molar-refractivity contribution in [2.75, 3.05) is 19.7 Å². The van der Waals surface area contributed by atoms with Gasteiger partial charge in [0, 0.05) is 12.2 Å². The van der Waals surface area contributed by atoms with Gasteiger partial charge >= 0.3 is 0 Å². The molecule has 1 aliphatic heterocycles. The number of hydrogen-bond acceptors (Lipinski definition) is 4. The van der Waals surface area contributed by atoms with E-state index in [4.69, 9.17) is 4.74 Å². The van der Waals surface area contributed by atoms with Gasteiger partial charge in [0.05, 0.1) is 12.3 Å². The van der Waals surface area contributed by atoms with Crippen LogP contribution in [0.25, 0.3) is 0 Å². The molecule has 1 N–H and O–H groups in total. The molecule has 2 heterocycles. The summed E-state index contributed by atoms with van der Waals surface area (Å²) in [6, 6.07) is 4.30. The van der Waals surface area contributed by atoms with Gasteiger partial charge in [-0.05, 0) is 57.8 Å². The number of nitrogens with zero attached hydrogens (tertiary/aromatic N) is 2. The Morgan fingerprint density at radius 2 is 2.16 bits per heavy atom. The monoisotopic (exact) mass is 264 g/mol. The normalized spacial score (nSPS) is 19.6. The highest BCUT2D eigenvalue weighted by molar-refractivity contribution is 5.15. The number of piperidine rings is 1. The first-order chi connectivity index (χ1) is 9.16. The number of aliphatic hydroxyl groups is 1. The smallest absolute Gasteiger partial charge is 0.137 e. The van der Waals surface area contributed by atoms with Crippen molar-refractivity contribution in [3.05, 3.63) is 24.5 Å². The molecule has 1 aromatic heterocycles. The van der Waals surface area contributed by atoms with Gasteiger partial charge in [-0.15, -0.1) is 0 Å². The molecule has 0 amide bonds. The van der Waals surface area contributed by atoms with E-state index >= 15 is 0 Å². The maximum atomic E-state index is 10.2. The molecule has 1 saturated heterocycles. The van der Waals surface area contributed by atoms with Gasteiger partial charge in [-0.25, -0.2) is 0 Å². The molecule has 0 radical (unpaired) electrons. The van der Waals surface area contributed by atoms with Crippen molar-refractivity contribution in [1.29, 1.82) is 0 Å². The largest absolute Gasteiger partial charge is 0.489 e. The van der Waals surface area contributed by atoms with Gasteiger partial charge in [-0.3, -0.25) is 4.98 Å². The zero-order valence-corrected chi connectivity index (χ0v) is 11.8. The minimum absolute atomic E-state index is 0.353. The Kier molecular flexibility index (Phi) is 5.16. The van der Waals surface area contributed by atoms with Crippen LogP contribution in [0.2, 0.25) is 0 Å². The molecule has 0 spiro atoms. The van der Waals surface area contributed by atoms with Gasteiger partial charge in [0.2, 0.25) is 0 Å². The first kappa shape index (κ1) is 14.3. The Bertz CT molecular complexity index is 362. The lowest BCUT2D eigenvalue weighted by Crippen LogP contribution is -2.42. The minimum Gasteiger partial charge on any atom is -0.489 e. The van der Waals surface area contributed by atoms with E-state index in [9.17, 15) is 5.11 Å². The van der Waals surface area contributed by atoms with Crippen molar-refractivity contribution >= 4 is 0 Å². The first-order valence-corrected chi connectivity index (χ1v) is 7.11. The van der Waals surface area contributed by atoms with Crippen molar-refractivity contribution < 1.29 is 9.84 Å². The van der Waals surface area contributed by atoms with E-state index in [1.54, 1.807) is 12.4 Å². The van der Waals surface area contributed by atoms with Gasteiger partial charge in [0.25, 0.3) is 0 Å². The molecular weight excluding hydrogens is 240 g/mol. The van der Waals surface area contributed by atoms with Gasteiger partial charge in [0.1, 0.15) is 12.4 Å². The average Bonchev–Trinajstić information content (AvgIpc) is 2.46. The quantitative estimate of drug-likeness (QED) is 0.883. The third kappa shape index (κ3) is 4.18. The second kappa shape index (κ2) is 6.87. The fourth-order valence-corrected chi connectivity index (χ4v) is 2.57. The number of hydrogen-bond donors (Lipinski definition) is 1. The minimum atomic E-state index is -0.380. The SMILES string of the molecule is CC(C)N1CCC(C(O)COc2cccnc2)CC1. The fraction of sp³-hybridized carbons (Fsp3) is 0.667. The van der Waals surface area contributed by atoms with E-state index in [1.807, 2.05) is 12.1 Å². The summed E-state index contributed by atoms with van der Waals surface area (Å²) in [7, 11) is 0. The number of pyridine rings is 1. The van der Waals surface area contributed by atoms with Crippen molar-refractivity contribution in [2.45, 2.75) is 38.8 Å². The molecule has 1 fully saturated rings. The zero-order valence-electron chi connectivity index (χ0n) is 11.8. The summed E-state index contributed by atoms with van der Waals surface area (Å²) in [5.41, 5.74) is 0. The first-order valence-electron chi connectivity index (χ1n) is 7.11. The second-order valence-electron chi connectivity index (χ2n) is 5.53. The Hall–Kier alpha value is -1.13. The highest BCUT2D eigenvalue weighted by Crippen LogP contribution is 2.22. The van der Waals surface area contributed by atoms with Gasteiger partial charge in [-0.2, -0.15) is 0 Å². The summed E-state index contributed by atoms with van der Waals surface area (Å²) in [6.45, 7) is 6.96. The molecule has 0 bridgehead atoms. The molecule has 4 heteroatoms. The molecule has 1 atom stereocenters. The lowest BCUT2D eigenvalue weighted by atomic mass is 9.91. The molecule has 19 heavy (non-hydrogen) atoms. The molecule has 0 saturated carbocycles. The summed E-state index contributed by atoms with van der Waals surface area (Å²) in [4.78, 5) is 6.45. The van der Waals surface area contributed by atoms with Crippen LogP contribution >= 0.6 is 0 Å². The zero-order chi connectivity index (χ0) is 13.7. The van der Waals surface area contributed by atoms with E-state index < -0.39 is 0 Å². The Morgan fingerprint density at radius 3 is 2.74 bits per heavy atom. The average molecular weight is 264 g/mol. The fourth-order valence-electron chi connectivity index (χ4n) is 2.57. The number of aliphatic hydroxyl groups excluding tert-OH is 1. The Balaban J connectivity index is 1.74. The van der Waals surface area contributed by atoms with Crippen LogP contribution in [-0.2, 0) is 0 Å². The van der Waals surface area contributed by atoms with Crippen molar-refractivity contribution in [1.82, 2.24) is 9.88 Å². The van der Waals surface area contributed by atoms with Gasteiger partial charge < -0.3 is 14.7 Å². The maximum Gasteiger partial charge on any atom is 0.137 e. The molecule has 4 nitrogen and oxygen atoms in total. The van der Waals surface area contributed by atoms with Crippen LogP contribution in [0.1, 0.15) is 26.7 Å². The van der Waals surface area contributed by atoms with E-state index in [0.717, 1.165) is 31.7 Å². The lowest BCUT2D eigenvalue weighted by Gasteiger charge is -2.36. The number of likely N-dealkylation sites (tertiary alicyclic amines) is 1. The molecule has 1 aromatic rings. The molecule has 1 unspecified atom stereocenters. The highest BCUT2D eigenvalue weighted by atomic mass is 16.5. The molecule has 0 aliphatic carbocycles. The number of aromatic nitrogens is 1. The standard InChI is InChI=1S/C15H24N2O2/c1-12(2)17-8-5-13(6-9-17)15(18)11-19-14-4-3-7-16-10-14/h3-4,7,10,12-13,15,18H,5-6,8-9,11H2,1-2H3. The number of rotatable bonds is 5.